The van der Waals surface area contributed by atoms with Gasteiger partial charge in [-0.25, -0.2) is 14.2 Å². The summed E-state index contributed by atoms with van der Waals surface area (Å²) >= 11 is 0. The van der Waals surface area contributed by atoms with Crippen LogP contribution in [0.5, 0.6) is 0 Å². The fraction of sp³-hybridized carbons (Fsp3) is 0.179. The number of aromatic nitrogens is 4. The standard InChI is InChI=1S/C26H20FN5O2.C2HF3O2/c27-20-14-30-25-24(19-12-21(29-15-22(19)31-25)18-2-1-7-28-13-18)23(20)16-3-5-17(6-4-16)26(33)32-8-10-34-11-9-32;3-2(4,5)1(6)7/h1-7,12-15H,8-11H2,(H,30,31);(H,6,7). The summed E-state index contributed by atoms with van der Waals surface area (Å²) in [6.07, 6.45) is 1.31. The first-order valence-corrected chi connectivity index (χ1v) is 12.3. The molecule has 5 aromatic rings. The third-order valence-electron chi connectivity index (χ3n) is 6.38. The van der Waals surface area contributed by atoms with Crippen molar-refractivity contribution in [2.45, 2.75) is 6.18 Å². The van der Waals surface area contributed by atoms with Gasteiger partial charge in [-0.15, -0.1) is 0 Å². The Morgan fingerprint density at radius 3 is 2.32 bits per heavy atom. The van der Waals surface area contributed by atoms with E-state index in [1.54, 1.807) is 47.8 Å². The summed E-state index contributed by atoms with van der Waals surface area (Å²) in [6, 6.07) is 12.8. The van der Waals surface area contributed by atoms with E-state index in [2.05, 4.69) is 19.9 Å². The van der Waals surface area contributed by atoms with Crippen LogP contribution in [0.25, 0.3) is 44.3 Å². The highest BCUT2D eigenvalue weighted by atomic mass is 19.4. The molecule has 0 unspecified atom stereocenters. The van der Waals surface area contributed by atoms with Gasteiger partial charge in [0.1, 0.15) is 11.5 Å². The molecule has 5 heterocycles. The summed E-state index contributed by atoms with van der Waals surface area (Å²) in [7, 11) is 0. The second-order valence-electron chi connectivity index (χ2n) is 8.97. The number of carbonyl (C=O) groups is 2. The van der Waals surface area contributed by atoms with Gasteiger partial charge < -0.3 is 19.7 Å². The van der Waals surface area contributed by atoms with Crippen molar-refractivity contribution in [3.8, 4) is 22.4 Å². The molecule has 0 spiro atoms. The van der Waals surface area contributed by atoms with E-state index in [1.165, 1.54) is 6.20 Å². The number of amides is 1. The van der Waals surface area contributed by atoms with Gasteiger partial charge in [0.25, 0.3) is 5.91 Å². The summed E-state index contributed by atoms with van der Waals surface area (Å²) in [5, 5.41) is 8.62. The SMILES string of the molecule is O=C(O)C(F)(F)F.O=C(c1ccc(-c2c(F)cnc3[nH]c4cnc(-c5cccnc5)cc4c23)cc1)N1CCOCC1. The molecule has 9 nitrogen and oxygen atoms in total. The molecule has 0 atom stereocenters. The molecule has 1 aromatic carbocycles. The summed E-state index contributed by atoms with van der Waals surface area (Å²) < 4.78 is 52.3. The molecule has 210 valence electrons. The minimum absolute atomic E-state index is 0.0468. The Hall–Kier alpha value is -4.91. The van der Waals surface area contributed by atoms with Crippen LogP contribution in [0, 0.1) is 5.82 Å². The largest absolute Gasteiger partial charge is 0.490 e. The Morgan fingerprint density at radius 2 is 1.68 bits per heavy atom. The number of carboxylic acids is 1. The fourth-order valence-corrected chi connectivity index (χ4v) is 4.42. The Morgan fingerprint density at radius 1 is 0.976 bits per heavy atom. The number of aromatic amines is 1. The lowest BCUT2D eigenvalue weighted by Gasteiger charge is -2.26. The second-order valence-corrected chi connectivity index (χ2v) is 8.97. The Kier molecular flexibility index (Phi) is 7.62. The van der Waals surface area contributed by atoms with E-state index in [0.29, 0.717) is 54.0 Å². The Labute approximate surface area is 229 Å². The number of nitrogens with zero attached hydrogens (tertiary/aromatic N) is 4. The van der Waals surface area contributed by atoms with Crippen molar-refractivity contribution in [2.24, 2.45) is 0 Å². The van der Waals surface area contributed by atoms with Crippen LogP contribution in [-0.4, -0.2) is 74.3 Å². The molecule has 0 bridgehead atoms. The highest BCUT2D eigenvalue weighted by Gasteiger charge is 2.38. The number of ether oxygens (including phenoxy) is 1. The third-order valence-corrected chi connectivity index (χ3v) is 6.38. The molecular weight excluding hydrogens is 546 g/mol. The minimum Gasteiger partial charge on any atom is -0.475 e. The number of hydrogen-bond donors (Lipinski definition) is 2. The number of hydrogen-bond acceptors (Lipinski definition) is 6. The van der Waals surface area contributed by atoms with Gasteiger partial charge in [0.2, 0.25) is 0 Å². The number of nitrogens with one attached hydrogen (secondary N) is 1. The average Bonchev–Trinajstić information content (AvgIpc) is 3.35. The Bertz CT molecular complexity index is 1720. The van der Waals surface area contributed by atoms with E-state index in [1.807, 2.05) is 18.2 Å². The summed E-state index contributed by atoms with van der Waals surface area (Å²) in [5.74, 6) is -3.23. The van der Waals surface area contributed by atoms with E-state index >= 15 is 4.39 Å². The number of morpholine rings is 1. The van der Waals surface area contributed by atoms with E-state index in [9.17, 15) is 18.0 Å². The highest BCUT2D eigenvalue weighted by molar-refractivity contribution is 6.13. The Balaban J connectivity index is 0.000000431. The summed E-state index contributed by atoms with van der Waals surface area (Å²) in [6.45, 7) is 2.23. The van der Waals surface area contributed by atoms with Crippen molar-refractivity contribution in [2.75, 3.05) is 26.3 Å². The lowest BCUT2D eigenvalue weighted by atomic mass is 9.99. The van der Waals surface area contributed by atoms with Gasteiger partial charge in [-0.2, -0.15) is 13.2 Å². The van der Waals surface area contributed by atoms with E-state index < -0.39 is 18.0 Å². The lowest BCUT2D eigenvalue weighted by Crippen LogP contribution is -2.40. The number of halogens is 4. The zero-order valence-corrected chi connectivity index (χ0v) is 21.2. The predicted molar refractivity (Wildman–Crippen MR) is 140 cm³/mol. The normalized spacial score (nSPS) is 13.6. The summed E-state index contributed by atoms with van der Waals surface area (Å²) in [5.41, 5.74) is 4.62. The maximum atomic E-state index is 15.2. The van der Waals surface area contributed by atoms with Crippen LogP contribution < -0.4 is 0 Å². The van der Waals surface area contributed by atoms with Crippen molar-refractivity contribution >= 4 is 33.8 Å². The van der Waals surface area contributed by atoms with E-state index in [4.69, 9.17) is 14.6 Å². The molecule has 1 saturated heterocycles. The number of benzene rings is 1. The van der Waals surface area contributed by atoms with Gasteiger partial charge in [0, 0.05) is 52.9 Å². The first-order chi connectivity index (χ1) is 19.6. The molecule has 1 aliphatic rings. The number of carbonyl (C=O) groups excluding carboxylic acids is 1. The zero-order valence-electron chi connectivity index (χ0n) is 21.2. The second kappa shape index (κ2) is 11.3. The predicted octanol–water partition coefficient (Wildman–Crippen LogP) is 5.08. The molecule has 1 fully saturated rings. The molecule has 6 rings (SSSR count). The molecule has 41 heavy (non-hydrogen) atoms. The minimum atomic E-state index is -5.08. The first kappa shape index (κ1) is 27.6. The molecule has 0 radical (unpaired) electrons. The van der Waals surface area contributed by atoms with Gasteiger partial charge in [0.05, 0.1) is 36.8 Å². The summed E-state index contributed by atoms with van der Waals surface area (Å²) in [4.78, 5) is 39.7. The van der Waals surface area contributed by atoms with Crippen molar-refractivity contribution in [1.29, 1.82) is 0 Å². The fourth-order valence-electron chi connectivity index (χ4n) is 4.42. The number of alkyl halides is 3. The number of pyridine rings is 3. The molecule has 0 saturated carbocycles. The van der Waals surface area contributed by atoms with Crippen LogP contribution in [0.2, 0.25) is 0 Å². The van der Waals surface area contributed by atoms with Gasteiger partial charge in [-0.1, -0.05) is 12.1 Å². The number of fused-ring (bicyclic) bond motifs is 3. The molecule has 1 amide bonds. The van der Waals surface area contributed by atoms with E-state index in [0.717, 1.165) is 22.2 Å². The molecule has 4 aromatic heterocycles. The van der Waals surface area contributed by atoms with Crippen molar-refractivity contribution in [3.05, 3.63) is 78.6 Å². The van der Waals surface area contributed by atoms with Crippen molar-refractivity contribution in [1.82, 2.24) is 24.8 Å². The van der Waals surface area contributed by atoms with Crippen LogP contribution >= 0.6 is 0 Å². The third kappa shape index (κ3) is 5.84. The molecule has 2 N–H and O–H groups in total. The number of rotatable bonds is 3. The van der Waals surface area contributed by atoms with Crippen LogP contribution in [-0.2, 0) is 9.53 Å². The number of carboxylic acid groups (broad SMARTS) is 1. The topological polar surface area (TPSA) is 121 Å². The lowest BCUT2D eigenvalue weighted by molar-refractivity contribution is -0.192. The van der Waals surface area contributed by atoms with Gasteiger partial charge in [0.15, 0.2) is 0 Å². The highest BCUT2D eigenvalue weighted by Crippen LogP contribution is 2.36. The average molecular weight is 567 g/mol. The van der Waals surface area contributed by atoms with E-state index in [-0.39, 0.29) is 5.91 Å². The quantitative estimate of drug-likeness (QED) is 0.292. The van der Waals surface area contributed by atoms with Crippen LogP contribution in [0.3, 0.4) is 0 Å². The van der Waals surface area contributed by atoms with Gasteiger partial charge in [-0.3, -0.25) is 14.8 Å². The maximum Gasteiger partial charge on any atom is 0.490 e. The zero-order chi connectivity index (χ0) is 29.1. The monoisotopic (exact) mass is 567 g/mol. The smallest absolute Gasteiger partial charge is 0.475 e. The maximum absolute atomic E-state index is 15.2. The number of aliphatic carboxylic acids is 1. The van der Waals surface area contributed by atoms with Gasteiger partial charge >= 0.3 is 12.1 Å². The van der Waals surface area contributed by atoms with Crippen LogP contribution in [0.15, 0.2) is 67.3 Å². The van der Waals surface area contributed by atoms with Crippen LogP contribution in [0.4, 0.5) is 17.6 Å². The molecule has 1 aliphatic heterocycles. The van der Waals surface area contributed by atoms with Crippen LogP contribution in [0.1, 0.15) is 10.4 Å². The molecule has 0 aliphatic carbocycles. The molecular formula is C28H21F4N5O4. The molecule has 13 heteroatoms. The first-order valence-electron chi connectivity index (χ1n) is 12.3. The van der Waals surface area contributed by atoms with Gasteiger partial charge in [-0.05, 0) is 35.9 Å². The van der Waals surface area contributed by atoms with Crippen molar-refractivity contribution in [3.63, 3.8) is 0 Å². The number of H-pyrrole nitrogens is 1. The van der Waals surface area contributed by atoms with Crippen molar-refractivity contribution < 1.29 is 37.0 Å².